The molecule has 0 bridgehead atoms. The first-order chi connectivity index (χ1) is 8.52. The molecule has 2 aromatic rings. The van der Waals surface area contributed by atoms with Crippen molar-refractivity contribution in [3.63, 3.8) is 0 Å². The van der Waals surface area contributed by atoms with Gasteiger partial charge in [0, 0.05) is 17.4 Å². The molecule has 0 amide bonds. The Morgan fingerprint density at radius 2 is 2.06 bits per heavy atom. The molecule has 0 fully saturated rings. The van der Waals surface area contributed by atoms with Crippen molar-refractivity contribution in [3.05, 3.63) is 40.2 Å². The van der Waals surface area contributed by atoms with Gasteiger partial charge in [-0.15, -0.1) is 11.3 Å². The average molecular weight is 256 g/mol. The third-order valence-corrected chi connectivity index (χ3v) is 3.72. The molecule has 0 atom stereocenters. The molecule has 92 valence electrons. The van der Waals surface area contributed by atoms with E-state index in [4.69, 9.17) is 5.26 Å². The summed E-state index contributed by atoms with van der Waals surface area (Å²) in [7, 11) is 0. The molecule has 3 heteroatoms. The summed E-state index contributed by atoms with van der Waals surface area (Å²) in [6.07, 6.45) is 0.708. The van der Waals surface area contributed by atoms with Crippen LogP contribution in [0.25, 0.3) is 11.3 Å². The van der Waals surface area contributed by atoms with Gasteiger partial charge in [-0.2, -0.15) is 5.26 Å². The van der Waals surface area contributed by atoms with Gasteiger partial charge in [0.25, 0.3) is 0 Å². The van der Waals surface area contributed by atoms with Crippen LogP contribution >= 0.6 is 11.3 Å². The van der Waals surface area contributed by atoms with Crippen molar-refractivity contribution in [2.24, 2.45) is 5.41 Å². The Bertz CT molecular complexity index is 591. The molecular formula is C15H16N2S. The number of hydrogen-bond acceptors (Lipinski definition) is 3. The number of rotatable bonds is 3. The molecule has 0 saturated heterocycles. The van der Waals surface area contributed by atoms with E-state index in [-0.39, 0.29) is 5.41 Å². The molecule has 0 saturated carbocycles. The summed E-state index contributed by atoms with van der Waals surface area (Å²) in [5, 5.41) is 12.2. The Morgan fingerprint density at radius 1 is 1.33 bits per heavy atom. The van der Waals surface area contributed by atoms with Crippen LogP contribution in [0.3, 0.4) is 0 Å². The van der Waals surface area contributed by atoms with E-state index in [2.05, 4.69) is 35.5 Å². The van der Waals surface area contributed by atoms with Crippen LogP contribution in [0.4, 0.5) is 0 Å². The van der Waals surface area contributed by atoms with Gasteiger partial charge in [-0.25, -0.2) is 4.98 Å². The summed E-state index contributed by atoms with van der Waals surface area (Å²) in [6.45, 7) is 5.98. The predicted octanol–water partition coefficient (Wildman–Crippen LogP) is 4.21. The first kappa shape index (κ1) is 12.8. The van der Waals surface area contributed by atoms with Gasteiger partial charge in [-0.1, -0.05) is 24.3 Å². The molecule has 2 nitrogen and oxygen atoms in total. The molecule has 1 aromatic heterocycles. The predicted molar refractivity (Wildman–Crippen MR) is 75.4 cm³/mol. The van der Waals surface area contributed by atoms with E-state index < -0.39 is 0 Å². The second-order valence-electron chi connectivity index (χ2n) is 5.11. The number of thiazole rings is 1. The molecular weight excluding hydrogens is 240 g/mol. The number of aromatic nitrogens is 1. The minimum atomic E-state index is -0.346. The second kappa shape index (κ2) is 4.91. The maximum absolute atomic E-state index is 9.05. The van der Waals surface area contributed by atoms with Gasteiger partial charge >= 0.3 is 0 Å². The maximum atomic E-state index is 9.05. The molecule has 0 aliphatic rings. The van der Waals surface area contributed by atoms with Crippen molar-refractivity contribution in [2.45, 2.75) is 27.2 Å². The highest BCUT2D eigenvalue weighted by atomic mass is 32.1. The summed E-state index contributed by atoms with van der Waals surface area (Å²) in [4.78, 5) is 4.64. The highest BCUT2D eigenvalue weighted by Crippen LogP contribution is 2.28. The second-order valence-corrected chi connectivity index (χ2v) is 6.06. The topological polar surface area (TPSA) is 36.7 Å². The minimum absolute atomic E-state index is 0.346. The van der Waals surface area contributed by atoms with Crippen molar-refractivity contribution >= 4 is 11.3 Å². The summed E-state index contributed by atoms with van der Waals surface area (Å²) in [5.41, 5.74) is 3.08. The Hall–Kier alpha value is -1.66. The van der Waals surface area contributed by atoms with Gasteiger partial charge in [-0.05, 0) is 26.3 Å². The zero-order valence-electron chi connectivity index (χ0n) is 10.9. The molecule has 2 rings (SSSR count). The van der Waals surface area contributed by atoms with Crippen molar-refractivity contribution in [2.75, 3.05) is 0 Å². The maximum Gasteiger partial charge on any atom is 0.0948 e. The molecule has 1 heterocycles. The van der Waals surface area contributed by atoms with Crippen LogP contribution in [0.5, 0.6) is 0 Å². The highest BCUT2D eigenvalue weighted by Gasteiger charge is 2.19. The summed E-state index contributed by atoms with van der Waals surface area (Å²) < 4.78 is 0. The first-order valence-electron chi connectivity index (χ1n) is 5.93. The number of hydrogen-bond donors (Lipinski definition) is 0. The Balaban J connectivity index is 2.27. The summed E-state index contributed by atoms with van der Waals surface area (Å²) in [6, 6.07) is 10.6. The van der Waals surface area contributed by atoms with Gasteiger partial charge in [0.05, 0.1) is 22.2 Å². The first-order valence-corrected chi connectivity index (χ1v) is 6.81. The largest absolute Gasteiger partial charge is 0.241 e. The fourth-order valence-electron chi connectivity index (χ4n) is 1.79. The number of nitriles is 1. The third-order valence-electron chi connectivity index (χ3n) is 2.87. The molecule has 0 unspecified atom stereocenters. The highest BCUT2D eigenvalue weighted by molar-refractivity contribution is 7.09. The van der Waals surface area contributed by atoms with Crippen LogP contribution in [0, 0.1) is 23.7 Å². The van der Waals surface area contributed by atoms with Crippen LogP contribution in [0.15, 0.2) is 29.6 Å². The fraction of sp³-hybridized carbons (Fsp3) is 0.333. The van der Waals surface area contributed by atoms with E-state index in [1.165, 1.54) is 11.1 Å². The minimum Gasteiger partial charge on any atom is -0.241 e. The Labute approximate surface area is 112 Å². The lowest BCUT2D eigenvalue weighted by Crippen LogP contribution is -2.11. The van der Waals surface area contributed by atoms with Crippen LogP contribution in [0.2, 0.25) is 0 Å². The van der Waals surface area contributed by atoms with Crippen molar-refractivity contribution in [3.8, 4) is 17.3 Å². The zero-order chi connectivity index (χ0) is 13.2. The molecule has 0 N–H and O–H groups in total. The Morgan fingerprint density at radius 3 is 2.72 bits per heavy atom. The standard InChI is InChI=1S/C15H16N2S/c1-11-6-4-5-7-12(11)13-9-18-14(17-13)8-15(2,3)10-16/h4-7,9H,8H2,1-3H3. The average Bonchev–Trinajstić information content (AvgIpc) is 2.77. The van der Waals surface area contributed by atoms with E-state index in [0.29, 0.717) is 6.42 Å². The smallest absolute Gasteiger partial charge is 0.0948 e. The lowest BCUT2D eigenvalue weighted by atomic mass is 9.92. The monoisotopic (exact) mass is 256 g/mol. The zero-order valence-corrected chi connectivity index (χ0v) is 11.7. The van der Waals surface area contributed by atoms with E-state index in [1.54, 1.807) is 11.3 Å². The van der Waals surface area contributed by atoms with Gasteiger partial charge in [0.15, 0.2) is 0 Å². The fourth-order valence-corrected chi connectivity index (χ4v) is 2.82. The summed E-state index contributed by atoms with van der Waals surface area (Å²) in [5.74, 6) is 0. The van der Waals surface area contributed by atoms with Crippen molar-refractivity contribution in [1.29, 1.82) is 5.26 Å². The van der Waals surface area contributed by atoms with E-state index in [1.807, 2.05) is 26.0 Å². The summed E-state index contributed by atoms with van der Waals surface area (Å²) >= 11 is 1.63. The van der Waals surface area contributed by atoms with Gasteiger partial charge in [-0.3, -0.25) is 0 Å². The SMILES string of the molecule is Cc1ccccc1-c1csc(CC(C)(C)C#N)n1. The van der Waals surface area contributed by atoms with E-state index in [0.717, 1.165) is 10.7 Å². The molecule has 0 aliphatic heterocycles. The number of nitrogens with zero attached hydrogens (tertiary/aromatic N) is 2. The van der Waals surface area contributed by atoms with Crippen LogP contribution in [-0.2, 0) is 6.42 Å². The van der Waals surface area contributed by atoms with Crippen LogP contribution in [-0.4, -0.2) is 4.98 Å². The quantitative estimate of drug-likeness (QED) is 0.824. The third kappa shape index (κ3) is 2.77. The Kier molecular flexibility index (Phi) is 3.49. The van der Waals surface area contributed by atoms with Gasteiger partial charge in [0.2, 0.25) is 0 Å². The number of aryl methyl sites for hydroxylation is 1. The molecule has 0 spiro atoms. The van der Waals surface area contributed by atoms with Crippen LogP contribution in [0.1, 0.15) is 24.4 Å². The molecule has 1 aromatic carbocycles. The molecule has 18 heavy (non-hydrogen) atoms. The van der Waals surface area contributed by atoms with Gasteiger partial charge in [0.1, 0.15) is 0 Å². The van der Waals surface area contributed by atoms with Crippen molar-refractivity contribution in [1.82, 2.24) is 4.98 Å². The van der Waals surface area contributed by atoms with Gasteiger partial charge < -0.3 is 0 Å². The van der Waals surface area contributed by atoms with E-state index >= 15 is 0 Å². The van der Waals surface area contributed by atoms with E-state index in [9.17, 15) is 0 Å². The normalized spacial score (nSPS) is 11.2. The number of benzene rings is 1. The lowest BCUT2D eigenvalue weighted by Gasteiger charge is -2.11. The molecule has 0 radical (unpaired) electrons. The van der Waals surface area contributed by atoms with Crippen molar-refractivity contribution < 1.29 is 0 Å². The molecule has 0 aliphatic carbocycles. The van der Waals surface area contributed by atoms with Crippen LogP contribution < -0.4 is 0 Å². The lowest BCUT2D eigenvalue weighted by molar-refractivity contribution is 0.492.